The zero-order valence-electron chi connectivity index (χ0n) is 28.4. The highest BCUT2D eigenvalue weighted by Crippen LogP contribution is 2.46. The molecule has 3 heterocycles. The van der Waals surface area contributed by atoms with Gasteiger partial charge in [0.25, 0.3) is 0 Å². The van der Waals surface area contributed by atoms with Crippen molar-refractivity contribution in [2.45, 2.75) is 0 Å². The zero-order valence-corrected chi connectivity index (χ0v) is 28.4. The average molecular weight is 662 g/mol. The van der Waals surface area contributed by atoms with Gasteiger partial charge in [0.05, 0.1) is 22.1 Å². The van der Waals surface area contributed by atoms with Crippen molar-refractivity contribution in [3.63, 3.8) is 0 Å². The van der Waals surface area contributed by atoms with Crippen molar-refractivity contribution >= 4 is 72.8 Å². The Bertz CT molecular complexity index is 2910. The van der Waals surface area contributed by atoms with Crippen molar-refractivity contribution in [3.8, 4) is 22.5 Å². The Balaban J connectivity index is 1.33. The van der Waals surface area contributed by atoms with Gasteiger partial charge in [-0.1, -0.05) is 133 Å². The Morgan fingerprint density at radius 3 is 1.52 bits per heavy atom. The molecule has 242 valence electrons. The van der Waals surface area contributed by atoms with E-state index in [0.29, 0.717) is 0 Å². The molecule has 10 aromatic rings. The van der Waals surface area contributed by atoms with Gasteiger partial charge in [-0.15, -0.1) is 0 Å². The van der Waals surface area contributed by atoms with Crippen LogP contribution in [0.25, 0.3) is 66.1 Å². The number of nitrogens with zero attached hydrogens (tertiary/aromatic N) is 3. The predicted octanol–water partition coefficient (Wildman–Crippen LogP) is 10.8. The van der Waals surface area contributed by atoms with Gasteiger partial charge in [-0.3, -0.25) is 0 Å². The maximum Gasteiger partial charge on any atom is 0.329 e. The van der Waals surface area contributed by atoms with Crippen LogP contribution in [-0.2, 0) is 0 Å². The summed E-state index contributed by atoms with van der Waals surface area (Å²) >= 11 is 0. The summed E-state index contributed by atoms with van der Waals surface area (Å²) in [4.78, 5) is 2.59. The monoisotopic (exact) mass is 661 g/mol. The van der Waals surface area contributed by atoms with Crippen molar-refractivity contribution in [2.24, 2.45) is 0 Å². The van der Waals surface area contributed by atoms with E-state index in [1.54, 1.807) is 0 Å². The molecule has 11 rings (SSSR count). The van der Waals surface area contributed by atoms with E-state index in [-0.39, 0.29) is 6.85 Å². The molecule has 0 atom stereocenters. The molecule has 0 saturated carbocycles. The maximum atomic E-state index is 2.59. The Hall–Kier alpha value is -6.78. The molecule has 0 saturated heterocycles. The van der Waals surface area contributed by atoms with Crippen LogP contribution in [0.15, 0.2) is 194 Å². The number of aromatic nitrogens is 2. The molecular weight excluding hydrogens is 629 g/mol. The molecule has 0 fully saturated rings. The molecule has 0 spiro atoms. The first kappa shape index (κ1) is 29.0. The number of anilines is 2. The van der Waals surface area contributed by atoms with E-state index in [4.69, 9.17) is 0 Å². The van der Waals surface area contributed by atoms with Crippen LogP contribution in [0.5, 0.6) is 0 Å². The van der Waals surface area contributed by atoms with E-state index < -0.39 is 0 Å². The van der Waals surface area contributed by atoms with Crippen LogP contribution in [0.1, 0.15) is 0 Å². The number of rotatable bonds is 4. The Morgan fingerprint density at radius 1 is 0.346 bits per heavy atom. The van der Waals surface area contributed by atoms with Gasteiger partial charge in [0, 0.05) is 49.9 Å². The van der Waals surface area contributed by atoms with Crippen molar-refractivity contribution in [1.82, 2.24) is 9.13 Å². The van der Waals surface area contributed by atoms with E-state index in [1.165, 1.54) is 71.4 Å². The third kappa shape index (κ3) is 4.15. The molecule has 0 amide bonds. The molecule has 0 N–H and O–H groups in total. The fourth-order valence-corrected chi connectivity index (χ4v) is 8.83. The van der Waals surface area contributed by atoms with Gasteiger partial charge in [-0.2, -0.15) is 0 Å². The summed E-state index contributed by atoms with van der Waals surface area (Å²) < 4.78 is 4.86. The fourth-order valence-electron chi connectivity index (χ4n) is 8.83. The van der Waals surface area contributed by atoms with E-state index in [9.17, 15) is 0 Å². The highest BCUT2D eigenvalue weighted by atomic mass is 15.1. The van der Waals surface area contributed by atoms with Crippen LogP contribution in [0, 0.1) is 0 Å². The van der Waals surface area contributed by atoms with Gasteiger partial charge in [-0.25, -0.2) is 0 Å². The van der Waals surface area contributed by atoms with Crippen LogP contribution in [0.4, 0.5) is 11.4 Å². The smallest absolute Gasteiger partial charge is 0.329 e. The Kier molecular flexibility index (Phi) is 6.35. The summed E-state index contributed by atoms with van der Waals surface area (Å²) in [7, 11) is 0. The van der Waals surface area contributed by atoms with Gasteiger partial charge < -0.3 is 13.9 Å². The second-order valence-corrected chi connectivity index (χ2v) is 13.7. The molecule has 52 heavy (non-hydrogen) atoms. The maximum absolute atomic E-state index is 2.59. The van der Waals surface area contributed by atoms with Gasteiger partial charge >= 0.3 is 6.85 Å². The van der Waals surface area contributed by atoms with Gasteiger partial charge in [-0.05, 0) is 77.8 Å². The third-order valence-corrected chi connectivity index (χ3v) is 10.9. The fraction of sp³-hybridized carbons (Fsp3) is 0. The number of fused-ring (bicyclic) bond motifs is 10. The minimum Gasteiger partial charge on any atom is -0.376 e. The van der Waals surface area contributed by atoms with E-state index in [0.717, 1.165) is 17.1 Å². The molecule has 0 aliphatic carbocycles. The number of hydrogen-bond acceptors (Lipinski definition) is 1. The molecule has 1 aliphatic heterocycles. The van der Waals surface area contributed by atoms with Crippen molar-refractivity contribution < 1.29 is 0 Å². The molecule has 0 radical (unpaired) electrons. The lowest BCUT2D eigenvalue weighted by molar-refractivity contribution is 1.18. The number of benzene rings is 8. The largest absolute Gasteiger partial charge is 0.376 e. The van der Waals surface area contributed by atoms with Gasteiger partial charge in [0.15, 0.2) is 0 Å². The average Bonchev–Trinajstić information content (AvgIpc) is 3.73. The second-order valence-electron chi connectivity index (χ2n) is 13.7. The summed E-state index contributed by atoms with van der Waals surface area (Å²) in [5, 5.41) is 5.06. The van der Waals surface area contributed by atoms with Crippen molar-refractivity contribution in [3.05, 3.63) is 194 Å². The second kappa shape index (κ2) is 11.4. The summed E-state index contributed by atoms with van der Waals surface area (Å²) in [6.45, 7) is -0.0863. The molecule has 0 bridgehead atoms. The normalized spacial score (nSPS) is 12.5. The minimum absolute atomic E-state index is 0.0863. The molecular formula is C48H32BN3. The summed E-state index contributed by atoms with van der Waals surface area (Å²) in [6, 6.07) is 71.0. The van der Waals surface area contributed by atoms with Crippen LogP contribution in [0.2, 0.25) is 0 Å². The Labute approximate surface area is 302 Å². The van der Waals surface area contributed by atoms with Crippen molar-refractivity contribution in [2.75, 3.05) is 4.81 Å². The van der Waals surface area contributed by atoms with E-state index in [1.807, 2.05) is 0 Å². The van der Waals surface area contributed by atoms with Gasteiger partial charge in [0.1, 0.15) is 0 Å². The summed E-state index contributed by atoms with van der Waals surface area (Å²) in [5.74, 6) is 0. The molecule has 8 aromatic carbocycles. The van der Waals surface area contributed by atoms with Crippen molar-refractivity contribution in [1.29, 1.82) is 0 Å². The molecule has 2 aromatic heterocycles. The predicted molar refractivity (Wildman–Crippen MR) is 221 cm³/mol. The van der Waals surface area contributed by atoms with Crippen LogP contribution in [0.3, 0.4) is 0 Å². The number of hydrogen-bond donors (Lipinski definition) is 0. The minimum atomic E-state index is -0.0863. The van der Waals surface area contributed by atoms with Gasteiger partial charge in [0.2, 0.25) is 0 Å². The molecule has 3 nitrogen and oxygen atoms in total. The first-order chi connectivity index (χ1) is 25.8. The molecule has 1 aliphatic rings. The summed E-state index contributed by atoms with van der Waals surface area (Å²) in [5.41, 5.74) is 14.6. The SMILES string of the molecule is c1ccc(B2c3c(ccc4c3c3ccccc3n4-c3ccccc3)-c3cc4c5ccccc5n(-c5ccccc5)c4cc3N2c2ccccc2)cc1. The molecule has 0 unspecified atom stereocenters. The number of para-hydroxylation sites is 5. The van der Waals surface area contributed by atoms with Crippen LogP contribution < -0.4 is 15.7 Å². The Morgan fingerprint density at radius 2 is 0.865 bits per heavy atom. The van der Waals surface area contributed by atoms with E-state index in [2.05, 4.69) is 208 Å². The van der Waals surface area contributed by atoms with Crippen LogP contribution in [-0.4, -0.2) is 16.0 Å². The standard InChI is InChI=1S/C48H32BN3/c1-5-17-33(18-6-1)49-48-38(29-30-44-47(48)39-26-14-16-28-43(39)50(44)34-19-7-2-8-20-34)41-31-40-37-25-13-15-27-42(37)51(35-21-9-3-10-22-35)45(40)32-46(41)52(49)36-23-11-4-12-24-36/h1-32H. The first-order valence-electron chi connectivity index (χ1n) is 18.0. The topological polar surface area (TPSA) is 13.1 Å². The lowest BCUT2D eigenvalue weighted by atomic mass is 9.45. The van der Waals surface area contributed by atoms with E-state index >= 15 is 0 Å². The molecule has 4 heteroatoms. The lowest BCUT2D eigenvalue weighted by Gasteiger charge is -2.39. The highest BCUT2D eigenvalue weighted by Gasteiger charge is 2.40. The first-order valence-corrected chi connectivity index (χ1v) is 18.0. The lowest BCUT2D eigenvalue weighted by Crippen LogP contribution is -2.57. The zero-order chi connectivity index (χ0) is 34.2. The quantitative estimate of drug-likeness (QED) is 0.171. The van der Waals surface area contributed by atoms with Crippen LogP contribution >= 0.6 is 0 Å². The summed E-state index contributed by atoms with van der Waals surface area (Å²) in [6.07, 6.45) is 0. The third-order valence-electron chi connectivity index (χ3n) is 10.9. The highest BCUT2D eigenvalue weighted by molar-refractivity contribution is 6.92.